The number of aromatic nitrogens is 4. The van der Waals surface area contributed by atoms with Gasteiger partial charge in [0.15, 0.2) is 5.69 Å². The molecule has 2 aromatic heterocycles. The van der Waals surface area contributed by atoms with E-state index in [-0.39, 0.29) is 17.1 Å². The van der Waals surface area contributed by atoms with Crippen molar-refractivity contribution in [2.45, 2.75) is 25.8 Å². The first-order valence-corrected chi connectivity index (χ1v) is 12.4. The lowest BCUT2D eigenvalue weighted by atomic mass is 9.87. The normalized spacial score (nSPS) is 23.5. The molecule has 3 aliphatic rings. The molecule has 1 amide bonds. The monoisotopic (exact) mass is 486 g/mol. The Morgan fingerprint density at radius 3 is 2.83 bits per heavy atom. The molecular weight excluding hydrogens is 459 g/mol. The minimum Gasteiger partial charge on any atom is -0.381 e. The van der Waals surface area contributed by atoms with Gasteiger partial charge in [0.25, 0.3) is 5.91 Å². The summed E-state index contributed by atoms with van der Waals surface area (Å²) in [5, 5.41) is 4.49. The molecule has 8 nitrogen and oxygen atoms in total. The quantitative estimate of drug-likeness (QED) is 0.472. The van der Waals surface area contributed by atoms with Crippen LogP contribution in [0.1, 0.15) is 46.2 Å². The molecule has 0 radical (unpaired) electrons. The van der Waals surface area contributed by atoms with Crippen LogP contribution in [0.3, 0.4) is 0 Å². The Morgan fingerprint density at radius 1 is 1.17 bits per heavy atom. The first-order chi connectivity index (χ1) is 17.4. The summed E-state index contributed by atoms with van der Waals surface area (Å²) in [6.45, 7) is 5.30. The van der Waals surface area contributed by atoms with Gasteiger partial charge in [0.2, 0.25) is 0 Å². The Morgan fingerprint density at radius 2 is 2.03 bits per heavy atom. The van der Waals surface area contributed by atoms with Crippen molar-refractivity contribution in [2.24, 2.45) is 12.5 Å². The fourth-order valence-electron chi connectivity index (χ4n) is 6.17. The number of nitrogens with one attached hydrogen (secondary N) is 1. The minimum atomic E-state index is -0.608. The van der Waals surface area contributed by atoms with Crippen LogP contribution in [0.5, 0.6) is 0 Å². The van der Waals surface area contributed by atoms with Crippen molar-refractivity contribution in [3.05, 3.63) is 71.1 Å². The first-order valence-electron chi connectivity index (χ1n) is 12.4. The second-order valence-corrected chi connectivity index (χ2v) is 10.3. The Bertz CT molecular complexity index is 1520. The predicted molar refractivity (Wildman–Crippen MR) is 134 cm³/mol. The zero-order valence-corrected chi connectivity index (χ0v) is 20.3. The van der Waals surface area contributed by atoms with Crippen molar-refractivity contribution in [1.82, 2.24) is 19.7 Å². The van der Waals surface area contributed by atoms with Gasteiger partial charge in [0.1, 0.15) is 5.82 Å². The largest absolute Gasteiger partial charge is 0.381 e. The number of halogens is 1. The average Bonchev–Trinajstić information content (AvgIpc) is 3.69. The second-order valence-electron chi connectivity index (χ2n) is 10.3. The van der Waals surface area contributed by atoms with Crippen LogP contribution < -0.4 is 9.80 Å². The minimum absolute atomic E-state index is 0.191. The lowest BCUT2D eigenvalue weighted by molar-refractivity contribution is 0.0988. The molecule has 2 unspecified atom stereocenters. The van der Waals surface area contributed by atoms with E-state index in [9.17, 15) is 4.79 Å². The van der Waals surface area contributed by atoms with Crippen LogP contribution in [-0.4, -0.2) is 52.0 Å². The zero-order valence-electron chi connectivity index (χ0n) is 20.3. The van der Waals surface area contributed by atoms with Gasteiger partial charge in [-0.3, -0.25) is 14.4 Å². The molecular formula is C27H27FN6O2. The maximum absolute atomic E-state index is 15.9. The van der Waals surface area contributed by atoms with Gasteiger partial charge < -0.3 is 14.6 Å². The number of nitrogens with zero attached hydrogens (tertiary/aromatic N) is 5. The van der Waals surface area contributed by atoms with Crippen LogP contribution in [-0.2, 0) is 11.8 Å². The number of anilines is 2. The number of carbonyl (C=O) groups excluding carboxylic acids is 1. The van der Waals surface area contributed by atoms with Crippen molar-refractivity contribution in [3.63, 3.8) is 0 Å². The Kier molecular flexibility index (Phi) is 4.57. The van der Waals surface area contributed by atoms with Crippen LogP contribution in [0, 0.1) is 18.2 Å². The van der Waals surface area contributed by atoms with E-state index < -0.39 is 6.04 Å². The predicted octanol–water partition coefficient (Wildman–Crippen LogP) is 4.11. The molecule has 1 spiro atoms. The van der Waals surface area contributed by atoms with Crippen LogP contribution in [0.4, 0.5) is 15.8 Å². The van der Waals surface area contributed by atoms with Gasteiger partial charge in [-0.1, -0.05) is 6.07 Å². The summed E-state index contributed by atoms with van der Waals surface area (Å²) in [7, 11) is 1.81. The van der Waals surface area contributed by atoms with Gasteiger partial charge in [-0.05, 0) is 50.1 Å². The zero-order chi connectivity index (χ0) is 24.6. The number of imidazole rings is 1. The summed E-state index contributed by atoms with van der Waals surface area (Å²) in [4.78, 5) is 24.9. The molecule has 1 N–H and O–H groups in total. The highest BCUT2D eigenvalue weighted by atomic mass is 19.1. The van der Waals surface area contributed by atoms with E-state index in [2.05, 4.69) is 20.0 Å². The smallest absolute Gasteiger partial charge is 0.280 e. The number of amides is 1. The lowest BCUT2D eigenvalue weighted by Crippen LogP contribution is -2.30. The van der Waals surface area contributed by atoms with Gasteiger partial charge >= 0.3 is 0 Å². The van der Waals surface area contributed by atoms with Crippen molar-refractivity contribution in [1.29, 1.82) is 0 Å². The summed E-state index contributed by atoms with van der Waals surface area (Å²) in [5.74, 6) is -0.554. The number of hydrogen-bond acceptors (Lipinski definition) is 5. The molecule has 9 heteroatoms. The second kappa shape index (κ2) is 7.64. The SMILES string of the molecule is Cc1c2c(nn1C)C(=O)N(c1ccc3nc[nH]c3c1)C2c1ccc(N2CCC3(CCOC3)C2)cc1F. The third kappa shape index (κ3) is 3.05. The maximum Gasteiger partial charge on any atom is 0.280 e. The van der Waals surface area contributed by atoms with E-state index in [0.717, 1.165) is 67.1 Å². The summed E-state index contributed by atoms with van der Waals surface area (Å²) < 4.78 is 23.3. The molecule has 3 aliphatic heterocycles. The van der Waals surface area contributed by atoms with Crippen molar-refractivity contribution in [2.75, 3.05) is 36.1 Å². The molecule has 2 fully saturated rings. The highest BCUT2D eigenvalue weighted by Crippen LogP contribution is 2.45. The van der Waals surface area contributed by atoms with E-state index in [1.807, 2.05) is 44.3 Å². The fourth-order valence-corrected chi connectivity index (χ4v) is 6.17. The Hall–Kier alpha value is -3.72. The summed E-state index contributed by atoms with van der Waals surface area (Å²) >= 11 is 0. The third-order valence-corrected chi connectivity index (χ3v) is 8.28. The molecule has 7 rings (SSSR count). The molecule has 5 heterocycles. The summed E-state index contributed by atoms with van der Waals surface area (Å²) in [6, 6.07) is 10.4. The third-order valence-electron chi connectivity index (χ3n) is 8.28. The average molecular weight is 487 g/mol. The fraction of sp³-hybridized carbons (Fsp3) is 0.370. The number of fused-ring (bicyclic) bond motifs is 2. The number of rotatable bonds is 3. The van der Waals surface area contributed by atoms with Gasteiger partial charge in [-0.25, -0.2) is 9.37 Å². The molecule has 4 aromatic rings. The van der Waals surface area contributed by atoms with Crippen LogP contribution in [0.15, 0.2) is 42.7 Å². The molecule has 0 saturated carbocycles. The number of aromatic amines is 1. The van der Waals surface area contributed by atoms with Crippen molar-refractivity contribution >= 4 is 28.3 Å². The van der Waals surface area contributed by atoms with Crippen LogP contribution in [0.2, 0.25) is 0 Å². The summed E-state index contributed by atoms with van der Waals surface area (Å²) in [5.41, 5.74) is 5.79. The number of benzene rings is 2. The molecule has 0 bridgehead atoms. The van der Waals surface area contributed by atoms with Crippen LogP contribution >= 0.6 is 0 Å². The summed E-state index contributed by atoms with van der Waals surface area (Å²) in [6.07, 6.45) is 3.75. The van der Waals surface area contributed by atoms with Gasteiger partial charge in [-0.15, -0.1) is 0 Å². The molecule has 184 valence electrons. The topological polar surface area (TPSA) is 79.3 Å². The van der Waals surface area contributed by atoms with Gasteiger partial charge in [0, 0.05) is 60.4 Å². The van der Waals surface area contributed by atoms with E-state index in [1.54, 1.807) is 22.0 Å². The lowest BCUT2D eigenvalue weighted by Gasteiger charge is -2.28. The standard InChI is InChI=1S/C27H27FN6O2/c1-16-23-24(31-32(16)2)26(35)34(18-4-6-21-22(12-18)30-15-29-21)25(23)19-5-3-17(11-20(19)28)33-9-7-27(13-33)8-10-36-14-27/h3-6,11-12,15,25H,7-10,13-14H2,1-2H3,(H,29,30). The van der Waals surface area contributed by atoms with Crippen molar-refractivity contribution in [3.8, 4) is 0 Å². The number of aryl methyl sites for hydroxylation is 1. The molecule has 2 atom stereocenters. The highest BCUT2D eigenvalue weighted by molar-refractivity contribution is 6.11. The first kappa shape index (κ1) is 21.6. The number of ether oxygens (including phenoxy) is 1. The van der Waals surface area contributed by atoms with E-state index in [1.165, 1.54) is 0 Å². The number of hydrogen-bond donors (Lipinski definition) is 1. The van der Waals surface area contributed by atoms with E-state index >= 15 is 4.39 Å². The van der Waals surface area contributed by atoms with Gasteiger partial charge in [0.05, 0.1) is 30.0 Å². The highest BCUT2D eigenvalue weighted by Gasteiger charge is 2.45. The molecule has 2 saturated heterocycles. The van der Waals surface area contributed by atoms with E-state index in [4.69, 9.17) is 4.74 Å². The molecule has 2 aromatic carbocycles. The Balaban J connectivity index is 1.30. The van der Waals surface area contributed by atoms with Crippen LogP contribution in [0.25, 0.3) is 11.0 Å². The van der Waals surface area contributed by atoms with E-state index in [0.29, 0.717) is 16.9 Å². The van der Waals surface area contributed by atoms with Crippen molar-refractivity contribution < 1.29 is 13.9 Å². The number of carbonyl (C=O) groups is 1. The Labute approximate surface area is 207 Å². The molecule has 36 heavy (non-hydrogen) atoms. The molecule has 0 aliphatic carbocycles. The number of H-pyrrole nitrogens is 1. The maximum atomic E-state index is 15.9. The van der Waals surface area contributed by atoms with Gasteiger partial charge in [-0.2, -0.15) is 5.10 Å².